The third-order valence-electron chi connectivity index (χ3n) is 3.87. The van der Waals surface area contributed by atoms with Crippen molar-refractivity contribution in [1.82, 2.24) is 14.9 Å². The molecule has 1 aromatic carbocycles. The van der Waals surface area contributed by atoms with E-state index < -0.39 is 29.7 Å². The number of halogens is 2. The zero-order chi connectivity index (χ0) is 16.6. The number of rotatable bonds is 2. The molecule has 0 spiro atoms. The number of likely N-dealkylation sites (tertiary alicyclic amines) is 1. The quantitative estimate of drug-likeness (QED) is 0.919. The van der Waals surface area contributed by atoms with Gasteiger partial charge in [-0.05, 0) is 31.0 Å². The Hall–Kier alpha value is -2.41. The largest absolute Gasteiger partial charge is 0.391 e. The Morgan fingerprint density at radius 1 is 1.26 bits per heavy atom. The number of β-amino-alcohol motifs (C(OH)–C–C–N with tert-alkyl or cyclic N) is 1. The van der Waals surface area contributed by atoms with Crippen LogP contribution in [0.4, 0.5) is 8.78 Å². The van der Waals surface area contributed by atoms with Crippen molar-refractivity contribution in [1.29, 1.82) is 0 Å². The molecule has 1 aliphatic heterocycles. The molecule has 23 heavy (non-hydrogen) atoms. The smallest absolute Gasteiger partial charge is 0.274 e. The molecule has 7 heteroatoms. The van der Waals surface area contributed by atoms with Crippen molar-refractivity contribution in [2.75, 3.05) is 6.54 Å². The fourth-order valence-corrected chi connectivity index (χ4v) is 2.72. The van der Waals surface area contributed by atoms with E-state index in [9.17, 15) is 18.7 Å². The average Bonchev–Trinajstić information content (AvgIpc) is 2.92. The SMILES string of the molecule is Cc1cnc(C(=O)N2C[C@@H](O)C[C@H]2c2ccc(F)c(F)c2)cn1. The van der Waals surface area contributed by atoms with Crippen molar-refractivity contribution in [3.8, 4) is 0 Å². The van der Waals surface area contributed by atoms with Gasteiger partial charge in [-0.3, -0.25) is 9.78 Å². The van der Waals surface area contributed by atoms with Gasteiger partial charge < -0.3 is 10.0 Å². The lowest BCUT2D eigenvalue weighted by Crippen LogP contribution is -2.32. The van der Waals surface area contributed by atoms with Gasteiger partial charge in [-0.1, -0.05) is 6.07 Å². The van der Waals surface area contributed by atoms with Gasteiger partial charge in [0, 0.05) is 12.7 Å². The Kier molecular flexibility index (Phi) is 4.04. The van der Waals surface area contributed by atoms with Gasteiger partial charge in [0.25, 0.3) is 5.91 Å². The summed E-state index contributed by atoms with van der Waals surface area (Å²) in [6, 6.07) is 2.96. The Morgan fingerprint density at radius 3 is 2.70 bits per heavy atom. The molecule has 1 N–H and O–H groups in total. The lowest BCUT2D eigenvalue weighted by molar-refractivity contribution is 0.0709. The number of nitrogens with zero attached hydrogens (tertiary/aromatic N) is 3. The summed E-state index contributed by atoms with van der Waals surface area (Å²) in [5, 5.41) is 9.90. The zero-order valence-electron chi connectivity index (χ0n) is 12.4. The summed E-state index contributed by atoms with van der Waals surface area (Å²) in [6.45, 7) is 1.86. The molecule has 0 aliphatic carbocycles. The Labute approximate surface area is 131 Å². The number of hydrogen-bond donors (Lipinski definition) is 1. The van der Waals surface area contributed by atoms with Crippen LogP contribution in [0.15, 0.2) is 30.6 Å². The van der Waals surface area contributed by atoms with Gasteiger partial charge in [0.05, 0.1) is 24.0 Å². The molecular weight excluding hydrogens is 304 g/mol. The highest BCUT2D eigenvalue weighted by Gasteiger charge is 2.36. The standard InChI is InChI=1S/C16H15F2N3O2/c1-9-6-20-14(7-19-9)16(23)21-8-11(22)5-15(21)10-2-3-12(17)13(18)4-10/h2-4,6-7,11,15,22H,5,8H2,1H3/t11-,15-/m0/s1. The first kappa shape index (κ1) is 15.5. The van der Waals surface area contributed by atoms with E-state index in [4.69, 9.17) is 0 Å². The van der Waals surface area contributed by atoms with Crippen molar-refractivity contribution in [2.45, 2.75) is 25.5 Å². The highest BCUT2D eigenvalue weighted by Crippen LogP contribution is 2.33. The second-order valence-electron chi connectivity index (χ2n) is 5.58. The number of aliphatic hydroxyl groups excluding tert-OH is 1. The van der Waals surface area contributed by atoms with Crippen molar-refractivity contribution in [3.05, 3.63) is 59.2 Å². The maximum atomic E-state index is 13.5. The van der Waals surface area contributed by atoms with E-state index in [1.807, 2.05) is 0 Å². The first-order chi connectivity index (χ1) is 11.0. The minimum Gasteiger partial charge on any atom is -0.391 e. The molecule has 2 atom stereocenters. The van der Waals surface area contributed by atoms with Crippen molar-refractivity contribution in [3.63, 3.8) is 0 Å². The molecule has 2 aromatic rings. The van der Waals surface area contributed by atoms with Gasteiger partial charge in [-0.2, -0.15) is 0 Å². The molecular formula is C16H15F2N3O2. The van der Waals surface area contributed by atoms with E-state index >= 15 is 0 Å². The highest BCUT2D eigenvalue weighted by atomic mass is 19.2. The lowest BCUT2D eigenvalue weighted by atomic mass is 10.0. The van der Waals surface area contributed by atoms with Crippen LogP contribution in [-0.2, 0) is 0 Å². The normalized spacial score (nSPS) is 20.8. The number of amides is 1. The Balaban J connectivity index is 1.91. The predicted octanol–water partition coefficient (Wildman–Crippen LogP) is 2.01. The first-order valence-corrected chi connectivity index (χ1v) is 7.18. The van der Waals surface area contributed by atoms with Crippen molar-refractivity contribution < 1.29 is 18.7 Å². The fraction of sp³-hybridized carbons (Fsp3) is 0.312. The van der Waals surface area contributed by atoms with Gasteiger partial charge in [0.1, 0.15) is 5.69 Å². The molecule has 1 aliphatic rings. The third kappa shape index (κ3) is 3.05. The van der Waals surface area contributed by atoms with Crippen LogP contribution in [-0.4, -0.2) is 38.5 Å². The number of aromatic nitrogens is 2. The van der Waals surface area contributed by atoms with Crippen LogP contribution in [0.5, 0.6) is 0 Å². The number of aliphatic hydroxyl groups is 1. The first-order valence-electron chi connectivity index (χ1n) is 7.18. The molecule has 1 fully saturated rings. The van der Waals surface area contributed by atoms with Crippen LogP contribution in [0, 0.1) is 18.6 Å². The van der Waals surface area contributed by atoms with Gasteiger partial charge in [0.2, 0.25) is 0 Å². The third-order valence-corrected chi connectivity index (χ3v) is 3.87. The van der Waals surface area contributed by atoms with Crippen LogP contribution in [0.2, 0.25) is 0 Å². The summed E-state index contributed by atoms with van der Waals surface area (Å²) in [6.07, 6.45) is 2.38. The fourth-order valence-electron chi connectivity index (χ4n) is 2.72. The predicted molar refractivity (Wildman–Crippen MR) is 77.5 cm³/mol. The van der Waals surface area contributed by atoms with Crippen LogP contribution in [0.1, 0.15) is 34.2 Å². The van der Waals surface area contributed by atoms with E-state index in [1.54, 1.807) is 6.92 Å². The maximum Gasteiger partial charge on any atom is 0.274 e. The Bertz CT molecular complexity index is 737. The van der Waals surface area contributed by atoms with Crippen LogP contribution < -0.4 is 0 Å². The second kappa shape index (κ2) is 6.00. The molecule has 1 saturated heterocycles. The number of carbonyl (C=O) groups is 1. The van der Waals surface area contributed by atoms with E-state index in [0.717, 1.165) is 12.1 Å². The Morgan fingerprint density at radius 2 is 2.04 bits per heavy atom. The minimum absolute atomic E-state index is 0.109. The molecule has 5 nitrogen and oxygen atoms in total. The van der Waals surface area contributed by atoms with Crippen LogP contribution in [0.3, 0.4) is 0 Å². The van der Waals surface area contributed by atoms with Gasteiger partial charge in [0.15, 0.2) is 11.6 Å². The molecule has 3 rings (SSSR count). The number of aryl methyl sites for hydroxylation is 1. The molecule has 1 amide bonds. The average molecular weight is 319 g/mol. The summed E-state index contributed by atoms with van der Waals surface area (Å²) in [7, 11) is 0. The summed E-state index contributed by atoms with van der Waals surface area (Å²) in [4.78, 5) is 22.1. The maximum absolute atomic E-state index is 13.5. The topological polar surface area (TPSA) is 66.3 Å². The number of benzene rings is 1. The zero-order valence-corrected chi connectivity index (χ0v) is 12.4. The van der Waals surface area contributed by atoms with Crippen molar-refractivity contribution >= 4 is 5.91 Å². The van der Waals surface area contributed by atoms with Crippen LogP contribution >= 0.6 is 0 Å². The van der Waals surface area contributed by atoms with Crippen molar-refractivity contribution in [2.24, 2.45) is 0 Å². The number of carbonyl (C=O) groups excluding carboxylic acids is 1. The molecule has 2 heterocycles. The van der Waals surface area contributed by atoms with E-state index in [0.29, 0.717) is 11.3 Å². The molecule has 120 valence electrons. The summed E-state index contributed by atoms with van der Waals surface area (Å²) in [5.41, 5.74) is 1.27. The molecule has 1 aromatic heterocycles. The molecule has 0 unspecified atom stereocenters. The summed E-state index contributed by atoms with van der Waals surface area (Å²) < 4.78 is 26.6. The second-order valence-corrected chi connectivity index (χ2v) is 5.58. The molecule has 0 bridgehead atoms. The van der Waals surface area contributed by atoms with Gasteiger partial charge >= 0.3 is 0 Å². The minimum atomic E-state index is -0.980. The van der Waals surface area contributed by atoms with E-state index in [-0.39, 0.29) is 18.7 Å². The van der Waals surface area contributed by atoms with Gasteiger partial charge in [-0.25, -0.2) is 13.8 Å². The monoisotopic (exact) mass is 319 g/mol. The summed E-state index contributed by atoms with van der Waals surface area (Å²) >= 11 is 0. The molecule has 0 saturated carbocycles. The van der Waals surface area contributed by atoms with Crippen LogP contribution in [0.25, 0.3) is 0 Å². The summed E-state index contributed by atoms with van der Waals surface area (Å²) in [5.74, 6) is -2.33. The van der Waals surface area contributed by atoms with Gasteiger partial charge in [-0.15, -0.1) is 0 Å². The highest BCUT2D eigenvalue weighted by molar-refractivity contribution is 5.92. The van der Waals surface area contributed by atoms with E-state index in [1.165, 1.54) is 23.4 Å². The molecule has 0 radical (unpaired) electrons. The van der Waals surface area contributed by atoms with E-state index in [2.05, 4.69) is 9.97 Å². The number of hydrogen-bond acceptors (Lipinski definition) is 4. The lowest BCUT2D eigenvalue weighted by Gasteiger charge is -2.24.